The Morgan fingerprint density at radius 2 is 1.94 bits per heavy atom. The van der Waals surface area contributed by atoms with Crippen molar-refractivity contribution in [2.75, 3.05) is 0 Å². The molecule has 1 aromatic rings. The van der Waals surface area contributed by atoms with E-state index in [1.165, 1.54) is 0 Å². The van der Waals surface area contributed by atoms with Crippen molar-refractivity contribution in [1.29, 1.82) is 0 Å². The Morgan fingerprint density at radius 3 is 2.50 bits per heavy atom. The van der Waals surface area contributed by atoms with Crippen LogP contribution in [0, 0.1) is 0 Å². The summed E-state index contributed by atoms with van der Waals surface area (Å²) < 4.78 is 0. The van der Waals surface area contributed by atoms with Gasteiger partial charge in [0.15, 0.2) is 0 Å². The zero-order valence-electron chi connectivity index (χ0n) is 11.2. The lowest BCUT2D eigenvalue weighted by atomic mass is 10.1. The zero-order valence-corrected chi connectivity index (χ0v) is 12.1. The molecule has 0 radical (unpaired) electrons. The normalized spacial score (nSPS) is 13.9. The summed E-state index contributed by atoms with van der Waals surface area (Å²) in [6.07, 6.45) is 3.78. The molecule has 0 bridgehead atoms. The van der Waals surface area contributed by atoms with Crippen LogP contribution in [0.15, 0.2) is 30.3 Å². The molecule has 0 aliphatic heterocycles. The highest BCUT2D eigenvalue weighted by Gasteiger charge is 2.17. The van der Waals surface area contributed by atoms with Crippen LogP contribution < -0.4 is 5.32 Å². The third kappa shape index (κ3) is 5.13. The summed E-state index contributed by atoms with van der Waals surface area (Å²) in [4.78, 5) is 12.0. The summed E-state index contributed by atoms with van der Waals surface area (Å²) in [5.41, 5.74) is 1.15. The molecule has 3 heteroatoms. The zero-order chi connectivity index (χ0) is 13.4. The molecular weight excluding hydrogens is 242 g/mol. The maximum atomic E-state index is 12.0. The van der Waals surface area contributed by atoms with Crippen molar-refractivity contribution >= 4 is 18.5 Å². The van der Waals surface area contributed by atoms with Crippen LogP contribution >= 0.6 is 12.6 Å². The van der Waals surface area contributed by atoms with Crippen molar-refractivity contribution < 1.29 is 4.79 Å². The fourth-order valence-corrected chi connectivity index (χ4v) is 2.24. The monoisotopic (exact) mass is 265 g/mol. The van der Waals surface area contributed by atoms with Gasteiger partial charge >= 0.3 is 0 Å². The van der Waals surface area contributed by atoms with E-state index in [4.69, 9.17) is 0 Å². The third-order valence-corrected chi connectivity index (χ3v) is 3.47. The molecule has 0 aliphatic carbocycles. The Kier molecular flexibility index (Phi) is 6.88. The minimum Gasteiger partial charge on any atom is -0.352 e. The molecule has 1 rings (SSSR count). The van der Waals surface area contributed by atoms with Gasteiger partial charge in [-0.2, -0.15) is 12.6 Å². The van der Waals surface area contributed by atoms with Crippen LogP contribution in [0.5, 0.6) is 0 Å². The summed E-state index contributed by atoms with van der Waals surface area (Å²) in [6.45, 7) is 4.24. The first-order valence-electron chi connectivity index (χ1n) is 6.69. The van der Waals surface area contributed by atoms with Gasteiger partial charge in [0.25, 0.3) is 0 Å². The van der Waals surface area contributed by atoms with Crippen LogP contribution in [0.25, 0.3) is 0 Å². The molecule has 0 fully saturated rings. The van der Waals surface area contributed by atoms with E-state index in [0.29, 0.717) is 6.42 Å². The second kappa shape index (κ2) is 8.20. The van der Waals surface area contributed by atoms with Crippen LogP contribution in [-0.2, 0) is 11.2 Å². The molecule has 1 aromatic carbocycles. The molecule has 0 spiro atoms. The number of amides is 1. The minimum absolute atomic E-state index is 0.0440. The van der Waals surface area contributed by atoms with Gasteiger partial charge in [0.1, 0.15) is 0 Å². The Balaban J connectivity index is 2.46. The Bertz CT molecular complexity index is 353. The van der Waals surface area contributed by atoms with Crippen LogP contribution in [0.1, 0.15) is 38.7 Å². The van der Waals surface area contributed by atoms with Crippen molar-refractivity contribution in [2.45, 2.75) is 50.8 Å². The SMILES string of the molecule is CCCC(CC)NC(=O)C(S)Cc1ccccc1. The van der Waals surface area contributed by atoms with Gasteiger partial charge < -0.3 is 5.32 Å². The molecule has 0 heterocycles. The number of benzene rings is 1. The Labute approximate surface area is 116 Å². The number of thiol groups is 1. The summed E-state index contributed by atoms with van der Waals surface area (Å²) in [5, 5.41) is 2.81. The fourth-order valence-electron chi connectivity index (χ4n) is 1.95. The van der Waals surface area contributed by atoms with Crippen molar-refractivity contribution in [3.05, 3.63) is 35.9 Å². The van der Waals surface area contributed by atoms with Gasteiger partial charge in [-0.25, -0.2) is 0 Å². The second-order valence-electron chi connectivity index (χ2n) is 4.61. The van der Waals surface area contributed by atoms with Crippen molar-refractivity contribution in [2.24, 2.45) is 0 Å². The lowest BCUT2D eigenvalue weighted by Crippen LogP contribution is -2.39. The van der Waals surface area contributed by atoms with E-state index >= 15 is 0 Å². The number of hydrogen-bond donors (Lipinski definition) is 2. The largest absolute Gasteiger partial charge is 0.352 e. The molecule has 2 nitrogen and oxygen atoms in total. The summed E-state index contributed by atoms with van der Waals surface area (Å²) in [5.74, 6) is 0.0440. The fraction of sp³-hybridized carbons (Fsp3) is 0.533. The van der Waals surface area contributed by atoms with E-state index in [9.17, 15) is 4.79 Å². The topological polar surface area (TPSA) is 29.1 Å². The first-order chi connectivity index (χ1) is 8.67. The Hall–Kier alpha value is -0.960. The van der Waals surface area contributed by atoms with Gasteiger partial charge in [-0.15, -0.1) is 0 Å². The third-order valence-electron chi connectivity index (χ3n) is 3.05. The van der Waals surface area contributed by atoms with Gasteiger partial charge in [0, 0.05) is 6.04 Å². The molecule has 1 N–H and O–H groups in total. The highest BCUT2D eigenvalue weighted by molar-refractivity contribution is 7.81. The van der Waals surface area contributed by atoms with E-state index in [-0.39, 0.29) is 17.2 Å². The standard InChI is InChI=1S/C15H23NOS/c1-3-8-13(4-2)16-15(17)14(18)11-12-9-6-5-7-10-12/h5-7,9-10,13-14,18H,3-4,8,11H2,1-2H3,(H,16,17). The second-order valence-corrected chi connectivity index (χ2v) is 5.23. The molecule has 2 atom stereocenters. The predicted molar refractivity (Wildman–Crippen MR) is 80.0 cm³/mol. The minimum atomic E-state index is -0.265. The molecule has 0 aromatic heterocycles. The molecule has 100 valence electrons. The van der Waals surface area contributed by atoms with Gasteiger partial charge in [0.2, 0.25) is 5.91 Å². The smallest absolute Gasteiger partial charge is 0.233 e. The molecule has 0 aliphatic rings. The quantitative estimate of drug-likeness (QED) is 0.728. The number of rotatable bonds is 7. The maximum absolute atomic E-state index is 12.0. The van der Waals surface area contributed by atoms with Gasteiger partial charge in [-0.1, -0.05) is 50.6 Å². The maximum Gasteiger partial charge on any atom is 0.233 e. The first-order valence-corrected chi connectivity index (χ1v) is 7.21. The average molecular weight is 265 g/mol. The number of carbonyl (C=O) groups excluding carboxylic acids is 1. The van der Waals surface area contributed by atoms with E-state index in [1.807, 2.05) is 30.3 Å². The molecule has 0 saturated carbocycles. The van der Waals surface area contributed by atoms with E-state index < -0.39 is 0 Å². The average Bonchev–Trinajstić information content (AvgIpc) is 2.39. The van der Waals surface area contributed by atoms with E-state index in [1.54, 1.807) is 0 Å². The van der Waals surface area contributed by atoms with Crippen LogP contribution in [-0.4, -0.2) is 17.2 Å². The molecular formula is C15H23NOS. The summed E-state index contributed by atoms with van der Waals surface area (Å²) >= 11 is 4.41. The number of nitrogens with one attached hydrogen (secondary N) is 1. The van der Waals surface area contributed by atoms with Crippen molar-refractivity contribution in [3.8, 4) is 0 Å². The highest BCUT2D eigenvalue weighted by Crippen LogP contribution is 2.09. The van der Waals surface area contributed by atoms with Gasteiger partial charge in [-0.05, 0) is 24.8 Å². The molecule has 1 amide bonds. The van der Waals surface area contributed by atoms with E-state index in [0.717, 1.165) is 24.8 Å². The molecule has 0 saturated heterocycles. The summed E-state index contributed by atoms with van der Waals surface area (Å²) in [7, 11) is 0. The lowest BCUT2D eigenvalue weighted by Gasteiger charge is -2.19. The van der Waals surface area contributed by atoms with Crippen LogP contribution in [0.4, 0.5) is 0 Å². The number of hydrogen-bond acceptors (Lipinski definition) is 2. The van der Waals surface area contributed by atoms with Gasteiger partial charge in [-0.3, -0.25) is 4.79 Å². The highest BCUT2D eigenvalue weighted by atomic mass is 32.1. The Morgan fingerprint density at radius 1 is 1.28 bits per heavy atom. The molecule has 18 heavy (non-hydrogen) atoms. The predicted octanol–water partition coefficient (Wildman–Crippen LogP) is 3.22. The van der Waals surface area contributed by atoms with Crippen LogP contribution in [0.2, 0.25) is 0 Å². The van der Waals surface area contributed by atoms with Crippen molar-refractivity contribution in [1.82, 2.24) is 5.32 Å². The lowest BCUT2D eigenvalue weighted by molar-refractivity contribution is -0.121. The first kappa shape index (κ1) is 15.1. The van der Waals surface area contributed by atoms with E-state index in [2.05, 4.69) is 31.8 Å². The number of carbonyl (C=O) groups is 1. The van der Waals surface area contributed by atoms with Crippen molar-refractivity contribution in [3.63, 3.8) is 0 Å². The van der Waals surface area contributed by atoms with Gasteiger partial charge in [0.05, 0.1) is 5.25 Å². The molecule has 2 unspecified atom stereocenters. The summed E-state index contributed by atoms with van der Waals surface area (Å²) in [6, 6.07) is 10.3. The van der Waals surface area contributed by atoms with Crippen LogP contribution in [0.3, 0.4) is 0 Å².